The molecule has 0 radical (unpaired) electrons. The number of rotatable bonds is 7. The van der Waals surface area contributed by atoms with E-state index >= 15 is 0 Å². The van der Waals surface area contributed by atoms with Gasteiger partial charge in [0.2, 0.25) is 10.0 Å². The number of benzene rings is 1. The highest BCUT2D eigenvalue weighted by atomic mass is 32.2. The van der Waals surface area contributed by atoms with Crippen molar-refractivity contribution in [1.29, 1.82) is 0 Å². The molecular formula is C15H21NO4S. The molecule has 1 fully saturated rings. The van der Waals surface area contributed by atoms with Crippen molar-refractivity contribution in [3.63, 3.8) is 0 Å². The van der Waals surface area contributed by atoms with E-state index in [2.05, 4.69) is 0 Å². The largest absolute Gasteiger partial charge is 0.481 e. The third-order valence-corrected chi connectivity index (χ3v) is 5.62. The fourth-order valence-electron chi connectivity index (χ4n) is 2.23. The first-order chi connectivity index (χ1) is 9.82. The Morgan fingerprint density at radius 3 is 2.29 bits per heavy atom. The molecule has 6 heteroatoms. The van der Waals surface area contributed by atoms with Crippen LogP contribution in [-0.2, 0) is 14.8 Å². The van der Waals surface area contributed by atoms with E-state index in [-0.39, 0.29) is 23.9 Å². The molecule has 0 atom stereocenters. The predicted octanol–water partition coefficient (Wildman–Crippen LogP) is 2.44. The second kappa shape index (κ2) is 6.15. The van der Waals surface area contributed by atoms with Crippen LogP contribution in [0.4, 0.5) is 0 Å². The number of hydrogen-bond donors (Lipinski definition) is 1. The van der Waals surface area contributed by atoms with Crippen LogP contribution in [0.2, 0.25) is 0 Å². The number of carboxylic acid groups (broad SMARTS) is 1. The summed E-state index contributed by atoms with van der Waals surface area (Å²) in [5, 5.41) is 8.78. The minimum absolute atomic E-state index is 0.0360. The summed E-state index contributed by atoms with van der Waals surface area (Å²) >= 11 is 0. The summed E-state index contributed by atoms with van der Waals surface area (Å²) in [4.78, 5) is 10.9. The number of sulfonamides is 1. The van der Waals surface area contributed by atoms with Crippen molar-refractivity contribution in [3.8, 4) is 0 Å². The van der Waals surface area contributed by atoms with Crippen LogP contribution in [0.25, 0.3) is 0 Å². The molecule has 5 nitrogen and oxygen atoms in total. The number of nitrogens with zero attached hydrogens (tertiary/aromatic N) is 1. The number of hydrogen-bond acceptors (Lipinski definition) is 3. The molecule has 1 aromatic carbocycles. The van der Waals surface area contributed by atoms with Crippen LogP contribution in [0, 0.1) is 0 Å². The van der Waals surface area contributed by atoms with Gasteiger partial charge in [0.15, 0.2) is 0 Å². The van der Waals surface area contributed by atoms with Crippen molar-refractivity contribution in [1.82, 2.24) is 4.31 Å². The van der Waals surface area contributed by atoms with Crippen molar-refractivity contribution in [3.05, 3.63) is 29.8 Å². The zero-order valence-electron chi connectivity index (χ0n) is 12.3. The average Bonchev–Trinajstić information content (AvgIpc) is 3.23. The molecule has 1 aliphatic rings. The summed E-state index contributed by atoms with van der Waals surface area (Å²) in [7, 11) is -3.61. The number of aliphatic carboxylic acids is 1. The molecule has 116 valence electrons. The summed E-state index contributed by atoms with van der Waals surface area (Å²) < 4.78 is 26.6. The minimum atomic E-state index is -3.61. The van der Waals surface area contributed by atoms with Crippen LogP contribution < -0.4 is 0 Å². The predicted molar refractivity (Wildman–Crippen MR) is 79.7 cm³/mol. The molecular weight excluding hydrogens is 290 g/mol. The first kappa shape index (κ1) is 16.0. The Morgan fingerprint density at radius 1 is 1.29 bits per heavy atom. The van der Waals surface area contributed by atoms with Crippen molar-refractivity contribution in [2.75, 3.05) is 6.54 Å². The van der Waals surface area contributed by atoms with Gasteiger partial charge in [0.05, 0.1) is 11.3 Å². The average molecular weight is 311 g/mol. The highest BCUT2D eigenvalue weighted by molar-refractivity contribution is 7.89. The van der Waals surface area contributed by atoms with Crippen LogP contribution in [0.3, 0.4) is 0 Å². The van der Waals surface area contributed by atoms with Crippen molar-refractivity contribution < 1.29 is 18.3 Å². The van der Waals surface area contributed by atoms with Gasteiger partial charge in [0, 0.05) is 12.6 Å². The molecule has 21 heavy (non-hydrogen) atoms. The Balaban J connectivity index is 2.23. The SMILES string of the molecule is CC(C)c1ccc(S(=O)(=O)N(CCC(=O)O)C2CC2)cc1. The van der Waals surface area contributed by atoms with Crippen LogP contribution in [0.1, 0.15) is 44.6 Å². The van der Waals surface area contributed by atoms with Gasteiger partial charge in [0.25, 0.3) is 0 Å². The lowest BCUT2D eigenvalue weighted by Crippen LogP contribution is -2.35. The first-order valence-electron chi connectivity index (χ1n) is 7.16. The van der Waals surface area contributed by atoms with Crippen molar-refractivity contribution in [2.45, 2.75) is 50.0 Å². The summed E-state index contributed by atoms with van der Waals surface area (Å²) in [6.07, 6.45) is 1.45. The van der Waals surface area contributed by atoms with Crippen molar-refractivity contribution in [2.24, 2.45) is 0 Å². The Bertz CT molecular complexity index is 603. The summed E-state index contributed by atoms with van der Waals surface area (Å²) in [5.41, 5.74) is 1.08. The Hall–Kier alpha value is -1.40. The molecule has 1 saturated carbocycles. The topological polar surface area (TPSA) is 74.7 Å². The summed E-state index contributed by atoms with van der Waals surface area (Å²) in [6, 6.07) is 6.82. The van der Waals surface area contributed by atoms with Gasteiger partial charge in [-0.05, 0) is 36.5 Å². The zero-order chi connectivity index (χ0) is 15.6. The minimum Gasteiger partial charge on any atom is -0.481 e. The van der Waals surface area contributed by atoms with Gasteiger partial charge in [-0.25, -0.2) is 8.42 Å². The molecule has 0 aromatic heterocycles. The summed E-state index contributed by atoms with van der Waals surface area (Å²) in [5.74, 6) is -0.640. The second-order valence-electron chi connectivity index (χ2n) is 5.71. The summed E-state index contributed by atoms with van der Waals surface area (Å²) in [6.45, 7) is 4.13. The highest BCUT2D eigenvalue weighted by Gasteiger charge is 2.38. The van der Waals surface area contributed by atoms with E-state index < -0.39 is 16.0 Å². The standard InChI is InChI=1S/C15H21NO4S/c1-11(2)12-3-7-14(8-4-12)21(19,20)16(13-5-6-13)10-9-15(17)18/h3-4,7-8,11,13H,5-6,9-10H2,1-2H3,(H,17,18). The van der Waals surface area contributed by atoms with E-state index in [4.69, 9.17) is 5.11 Å². The maximum Gasteiger partial charge on any atom is 0.304 e. The van der Waals surface area contributed by atoms with Gasteiger partial charge >= 0.3 is 5.97 Å². The molecule has 0 unspecified atom stereocenters. The quantitative estimate of drug-likeness (QED) is 0.839. The number of carboxylic acids is 1. The second-order valence-corrected chi connectivity index (χ2v) is 7.60. The smallest absolute Gasteiger partial charge is 0.304 e. The fourth-order valence-corrected chi connectivity index (χ4v) is 3.91. The fraction of sp³-hybridized carbons (Fsp3) is 0.533. The molecule has 0 saturated heterocycles. The molecule has 0 heterocycles. The molecule has 2 rings (SSSR count). The highest BCUT2D eigenvalue weighted by Crippen LogP contribution is 2.32. The molecule has 0 bridgehead atoms. The van der Waals surface area contributed by atoms with Gasteiger partial charge in [-0.15, -0.1) is 0 Å². The monoisotopic (exact) mass is 311 g/mol. The molecule has 0 amide bonds. The van der Waals surface area contributed by atoms with Gasteiger partial charge in [-0.1, -0.05) is 26.0 Å². The maximum atomic E-state index is 12.6. The lowest BCUT2D eigenvalue weighted by Gasteiger charge is -2.21. The Labute approximate surface area is 125 Å². The molecule has 0 aliphatic heterocycles. The van der Waals surface area contributed by atoms with Crippen LogP contribution >= 0.6 is 0 Å². The first-order valence-corrected chi connectivity index (χ1v) is 8.60. The Morgan fingerprint density at radius 2 is 1.86 bits per heavy atom. The van der Waals surface area contributed by atoms with E-state index in [0.29, 0.717) is 5.92 Å². The van der Waals surface area contributed by atoms with Crippen molar-refractivity contribution >= 4 is 16.0 Å². The maximum absolute atomic E-state index is 12.6. The van der Waals surface area contributed by atoms with E-state index in [0.717, 1.165) is 18.4 Å². The number of carbonyl (C=O) groups is 1. The van der Waals surface area contributed by atoms with Gasteiger partial charge in [0.1, 0.15) is 0 Å². The van der Waals surface area contributed by atoms with Crippen LogP contribution in [0.5, 0.6) is 0 Å². The van der Waals surface area contributed by atoms with E-state index in [9.17, 15) is 13.2 Å². The third-order valence-electron chi connectivity index (χ3n) is 3.65. The van der Waals surface area contributed by atoms with Gasteiger partial charge in [-0.2, -0.15) is 4.31 Å². The zero-order valence-corrected chi connectivity index (χ0v) is 13.1. The van der Waals surface area contributed by atoms with Crippen LogP contribution in [0.15, 0.2) is 29.2 Å². The third kappa shape index (κ3) is 3.83. The molecule has 1 N–H and O–H groups in total. The van der Waals surface area contributed by atoms with E-state index in [1.54, 1.807) is 12.1 Å². The molecule has 0 spiro atoms. The lowest BCUT2D eigenvalue weighted by molar-refractivity contribution is -0.137. The van der Waals surface area contributed by atoms with Crippen LogP contribution in [-0.4, -0.2) is 36.4 Å². The molecule has 1 aromatic rings. The lowest BCUT2D eigenvalue weighted by atomic mass is 10.0. The van der Waals surface area contributed by atoms with E-state index in [1.807, 2.05) is 26.0 Å². The Kier molecular flexibility index (Phi) is 4.68. The van der Waals surface area contributed by atoms with E-state index in [1.165, 1.54) is 4.31 Å². The van der Waals surface area contributed by atoms with Gasteiger partial charge in [-0.3, -0.25) is 4.79 Å². The normalized spacial score (nSPS) is 15.6. The molecule has 1 aliphatic carbocycles. The van der Waals surface area contributed by atoms with Gasteiger partial charge < -0.3 is 5.11 Å².